The van der Waals surface area contributed by atoms with Crippen molar-refractivity contribution >= 4 is 11.8 Å². The Morgan fingerprint density at radius 1 is 1.36 bits per heavy atom. The molecule has 0 aromatic carbocycles. The molecule has 0 amide bonds. The second-order valence-electron chi connectivity index (χ2n) is 2.01. The summed E-state index contributed by atoms with van der Waals surface area (Å²) in [5.74, 6) is 0.185. The second kappa shape index (κ2) is 5.48. The fourth-order valence-corrected chi connectivity index (χ4v) is 0.487. The molecule has 0 fully saturated rings. The molecule has 0 rings (SSSR count). The molecule has 0 aliphatic rings. The zero-order valence-electron chi connectivity index (χ0n) is 6.30. The third kappa shape index (κ3) is 8.70. The van der Waals surface area contributed by atoms with Gasteiger partial charge < -0.3 is 22.5 Å². The molecule has 64 valence electrons. The van der Waals surface area contributed by atoms with Gasteiger partial charge in [-0.05, 0) is 0 Å². The Morgan fingerprint density at radius 2 is 2.00 bits per heavy atom. The molecule has 0 heterocycles. The molecule has 0 saturated carbocycles. The van der Waals surface area contributed by atoms with Gasteiger partial charge in [-0.2, -0.15) is 0 Å². The lowest BCUT2D eigenvalue weighted by atomic mass is 10.5. The molecule has 0 aromatic rings. The number of nitrogens with zero attached hydrogens (tertiary/aromatic N) is 1. The monoisotopic (exact) mass is 158 g/mol. The smallest absolute Gasteiger partial charge is 0.185 e. The summed E-state index contributed by atoms with van der Waals surface area (Å²) in [5, 5.41) is 9.72. The maximum absolute atomic E-state index is 6.84. The summed E-state index contributed by atoms with van der Waals surface area (Å²) in [6.45, 7) is 1.51. The third-order valence-electron chi connectivity index (χ3n) is 0.898. The molecular weight excluding hydrogens is 144 g/mol. The van der Waals surface area contributed by atoms with Gasteiger partial charge in [-0.15, -0.1) is 0 Å². The Hall–Kier alpha value is -1.30. The summed E-state index contributed by atoms with van der Waals surface area (Å²) in [6.07, 6.45) is 0. The third-order valence-corrected chi connectivity index (χ3v) is 0.898. The van der Waals surface area contributed by atoms with Crippen molar-refractivity contribution in [1.82, 2.24) is 5.32 Å². The lowest BCUT2D eigenvalue weighted by Gasteiger charge is -1.99. The van der Waals surface area contributed by atoms with Crippen LogP contribution in [-0.4, -0.2) is 31.4 Å². The van der Waals surface area contributed by atoms with E-state index in [2.05, 4.69) is 10.3 Å². The van der Waals surface area contributed by atoms with E-state index in [1.807, 2.05) is 0 Å². The number of nitrogens with two attached hydrogens (primary N) is 3. The van der Waals surface area contributed by atoms with Crippen LogP contribution in [0.25, 0.3) is 0 Å². The number of guanidine groups is 1. The summed E-state index contributed by atoms with van der Waals surface area (Å²) in [4.78, 5) is 3.72. The van der Waals surface area contributed by atoms with Gasteiger partial charge in [-0.3, -0.25) is 10.4 Å². The summed E-state index contributed by atoms with van der Waals surface area (Å²) >= 11 is 0. The van der Waals surface area contributed by atoms with Crippen molar-refractivity contribution in [2.75, 3.05) is 19.6 Å². The molecule has 0 bridgehead atoms. The summed E-state index contributed by atoms with van der Waals surface area (Å²) in [5.41, 5.74) is 15.2. The van der Waals surface area contributed by atoms with Crippen molar-refractivity contribution in [1.29, 1.82) is 5.41 Å². The van der Waals surface area contributed by atoms with Gasteiger partial charge in [-0.1, -0.05) is 0 Å². The Labute approximate surface area is 65.3 Å². The summed E-state index contributed by atoms with van der Waals surface area (Å²) < 4.78 is 0. The molecule has 0 aliphatic heterocycles. The van der Waals surface area contributed by atoms with E-state index in [9.17, 15) is 0 Å². The fourth-order valence-electron chi connectivity index (χ4n) is 0.487. The minimum Gasteiger partial charge on any atom is -0.387 e. The molecule has 6 heteroatoms. The van der Waals surface area contributed by atoms with Gasteiger partial charge >= 0.3 is 0 Å². The van der Waals surface area contributed by atoms with Crippen LogP contribution in [0.4, 0.5) is 0 Å². The average Bonchev–Trinajstić information content (AvgIpc) is 1.85. The number of hydrogen-bond donors (Lipinski definition) is 5. The van der Waals surface area contributed by atoms with Crippen molar-refractivity contribution in [2.45, 2.75) is 0 Å². The maximum Gasteiger partial charge on any atom is 0.185 e. The lowest BCUT2D eigenvalue weighted by Crippen LogP contribution is -2.30. The van der Waals surface area contributed by atoms with Gasteiger partial charge in [0.1, 0.15) is 5.84 Å². The highest BCUT2D eigenvalue weighted by Crippen LogP contribution is 1.65. The van der Waals surface area contributed by atoms with E-state index in [-0.39, 0.29) is 11.8 Å². The number of aliphatic imine (C=N–C) groups is 1. The first kappa shape index (κ1) is 9.70. The van der Waals surface area contributed by atoms with Crippen LogP contribution in [0.1, 0.15) is 0 Å². The van der Waals surface area contributed by atoms with E-state index in [4.69, 9.17) is 22.6 Å². The van der Waals surface area contributed by atoms with Crippen molar-refractivity contribution < 1.29 is 0 Å². The van der Waals surface area contributed by atoms with Gasteiger partial charge in [0.05, 0.1) is 13.1 Å². The topological polar surface area (TPSA) is 126 Å². The van der Waals surface area contributed by atoms with Crippen molar-refractivity contribution in [3.8, 4) is 0 Å². The highest BCUT2D eigenvalue weighted by molar-refractivity contribution is 5.78. The molecule has 0 unspecified atom stereocenters. The zero-order valence-corrected chi connectivity index (χ0v) is 6.30. The lowest BCUT2D eigenvalue weighted by molar-refractivity contribution is 0.763. The van der Waals surface area contributed by atoms with Gasteiger partial charge in [0, 0.05) is 6.54 Å². The first-order valence-electron chi connectivity index (χ1n) is 3.22. The highest BCUT2D eigenvalue weighted by atomic mass is 15.0. The molecule has 0 saturated heterocycles. The van der Waals surface area contributed by atoms with Crippen LogP contribution in [0.3, 0.4) is 0 Å². The maximum atomic E-state index is 6.84. The Morgan fingerprint density at radius 3 is 2.45 bits per heavy atom. The molecule has 0 aromatic heterocycles. The van der Waals surface area contributed by atoms with Gasteiger partial charge in [0.2, 0.25) is 0 Å². The quantitative estimate of drug-likeness (QED) is 0.176. The molecule has 0 aliphatic carbocycles. The van der Waals surface area contributed by atoms with Gasteiger partial charge in [-0.25, -0.2) is 0 Å². The van der Waals surface area contributed by atoms with E-state index in [0.717, 1.165) is 0 Å². The average molecular weight is 158 g/mol. The minimum atomic E-state index is 0.0784. The predicted octanol–water partition coefficient (Wildman–Crippen LogP) is -2.21. The highest BCUT2D eigenvalue weighted by Gasteiger charge is 1.87. The largest absolute Gasteiger partial charge is 0.387 e. The molecular formula is C5H14N6. The van der Waals surface area contributed by atoms with Crippen LogP contribution >= 0.6 is 0 Å². The molecule has 0 spiro atoms. The van der Waals surface area contributed by atoms with E-state index in [0.29, 0.717) is 19.6 Å². The van der Waals surface area contributed by atoms with Crippen LogP contribution in [0.2, 0.25) is 0 Å². The van der Waals surface area contributed by atoms with Gasteiger partial charge in [0.15, 0.2) is 5.96 Å². The Kier molecular flexibility index (Phi) is 4.83. The first-order valence-corrected chi connectivity index (χ1v) is 3.22. The Bertz CT molecular complexity index is 147. The fraction of sp³-hybridized carbons (Fsp3) is 0.600. The predicted molar refractivity (Wildman–Crippen MR) is 45.5 cm³/mol. The number of nitrogens with one attached hydrogen (secondary N) is 2. The second-order valence-corrected chi connectivity index (χ2v) is 2.01. The summed E-state index contributed by atoms with van der Waals surface area (Å²) in [6, 6.07) is 0. The molecule has 8 N–H and O–H groups in total. The van der Waals surface area contributed by atoms with E-state index >= 15 is 0 Å². The molecule has 6 nitrogen and oxygen atoms in total. The number of rotatable bonds is 5. The van der Waals surface area contributed by atoms with Crippen LogP contribution in [-0.2, 0) is 0 Å². The van der Waals surface area contributed by atoms with Crippen LogP contribution in [0.5, 0.6) is 0 Å². The van der Waals surface area contributed by atoms with E-state index in [1.165, 1.54) is 0 Å². The van der Waals surface area contributed by atoms with Crippen LogP contribution < -0.4 is 22.5 Å². The SMILES string of the molecule is N=C(N)CNCCN=C(N)N. The number of hydrogen-bond acceptors (Lipinski definition) is 3. The van der Waals surface area contributed by atoms with Crippen molar-refractivity contribution in [3.05, 3.63) is 0 Å². The van der Waals surface area contributed by atoms with E-state index < -0.39 is 0 Å². The van der Waals surface area contributed by atoms with Crippen LogP contribution in [0, 0.1) is 5.41 Å². The van der Waals surface area contributed by atoms with Crippen molar-refractivity contribution in [2.24, 2.45) is 22.2 Å². The molecule has 0 atom stereocenters. The zero-order chi connectivity index (χ0) is 8.69. The summed E-state index contributed by atoms with van der Waals surface area (Å²) in [7, 11) is 0. The minimum absolute atomic E-state index is 0.0784. The van der Waals surface area contributed by atoms with Gasteiger partial charge in [0.25, 0.3) is 0 Å². The van der Waals surface area contributed by atoms with E-state index in [1.54, 1.807) is 0 Å². The first-order chi connectivity index (χ1) is 5.13. The Balaban J connectivity index is 3.15. The molecule has 11 heavy (non-hydrogen) atoms. The van der Waals surface area contributed by atoms with Crippen molar-refractivity contribution in [3.63, 3.8) is 0 Å². The number of amidine groups is 1. The normalized spacial score (nSPS) is 9.09. The van der Waals surface area contributed by atoms with Crippen LogP contribution in [0.15, 0.2) is 4.99 Å². The molecule has 0 radical (unpaired) electrons. The standard InChI is InChI=1S/C5H14N6/c6-4(7)3-10-1-2-11-5(8)9/h10H,1-3H2,(H3,6,7)(H4,8,9,11).